The van der Waals surface area contributed by atoms with Crippen molar-refractivity contribution >= 4 is 18.0 Å². The van der Waals surface area contributed by atoms with Crippen LogP contribution in [0.3, 0.4) is 0 Å². The predicted octanol–water partition coefficient (Wildman–Crippen LogP) is 5.00. The number of methoxy groups -OCH3 is 1. The maximum atomic E-state index is 13.5. The van der Waals surface area contributed by atoms with E-state index in [1.54, 1.807) is 0 Å². The number of benzene rings is 4. The van der Waals surface area contributed by atoms with Crippen molar-refractivity contribution in [2.45, 2.75) is 38.1 Å². The first-order valence-corrected chi connectivity index (χ1v) is 13.6. The van der Waals surface area contributed by atoms with Gasteiger partial charge in [-0.1, -0.05) is 103 Å². The summed E-state index contributed by atoms with van der Waals surface area (Å²) in [7, 11) is 1.27. The van der Waals surface area contributed by atoms with Gasteiger partial charge in [-0.15, -0.1) is 0 Å². The second-order valence-corrected chi connectivity index (χ2v) is 9.66. The summed E-state index contributed by atoms with van der Waals surface area (Å²) in [6, 6.07) is 33.6. The Labute approximate surface area is 245 Å². The molecule has 0 aliphatic carbocycles. The summed E-state index contributed by atoms with van der Waals surface area (Å²) in [5.41, 5.74) is 3.45. The normalized spacial score (nSPS) is 11.9. The first kappa shape index (κ1) is 29.9. The van der Waals surface area contributed by atoms with Crippen molar-refractivity contribution in [3.63, 3.8) is 0 Å². The second-order valence-electron chi connectivity index (χ2n) is 9.66. The van der Waals surface area contributed by atoms with E-state index in [9.17, 15) is 14.4 Å². The van der Waals surface area contributed by atoms with Gasteiger partial charge in [-0.05, 0) is 34.4 Å². The molecule has 0 fully saturated rings. The Morgan fingerprint density at radius 2 is 1.17 bits per heavy atom. The van der Waals surface area contributed by atoms with Crippen molar-refractivity contribution in [2.24, 2.45) is 0 Å². The van der Waals surface area contributed by atoms with Gasteiger partial charge in [0.2, 0.25) is 5.91 Å². The van der Waals surface area contributed by atoms with E-state index < -0.39 is 30.1 Å². The summed E-state index contributed by atoms with van der Waals surface area (Å²) < 4.78 is 16.3. The van der Waals surface area contributed by atoms with Crippen molar-refractivity contribution in [3.8, 4) is 5.75 Å². The molecule has 0 aromatic heterocycles. The smallest absolute Gasteiger partial charge is 0.408 e. The highest BCUT2D eigenvalue weighted by Gasteiger charge is 2.28. The van der Waals surface area contributed by atoms with E-state index in [4.69, 9.17) is 14.2 Å². The van der Waals surface area contributed by atoms with Crippen LogP contribution in [0.5, 0.6) is 5.75 Å². The zero-order valence-electron chi connectivity index (χ0n) is 23.4. The summed E-state index contributed by atoms with van der Waals surface area (Å²) in [5.74, 6) is -0.512. The predicted molar refractivity (Wildman–Crippen MR) is 159 cm³/mol. The zero-order valence-corrected chi connectivity index (χ0v) is 23.4. The Kier molecular flexibility index (Phi) is 11.1. The average Bonchev–Trinajstić information content (AvgIpc) is 3.03. The molecule has 2 N–H and O–H groups in total. The standard InChI is InChI=1S/C34H34N2O6/c1-40-33(38)31(22-28-18-11-19-29(20-28)41-23-26-14-7-3-8-15-26)35-32(37)30(21-25-12-5-2-6-13-25)36-34(39)42-24-27-16-9-4-10-17-27/h2-20,30-31H,21-24H2,1H3,(H,35,37)(H,36,39)/t30-,31-/m1/s1. The molecule has 2 amide bonds. The molecule has 4 rings (SSSR count). The van der Waals surface area contributed by atoms with Crippen molar-refractivity contribution in [1.82, 2.24) is 10.6 Å². The van der Waals surface area contributed by atoms with E-state index in [0.29, 0.717) is 12.4 Å². The largest absolute Gasteiger partial charge is 0.489 e. The fourth-order valence-corrected chi connectivity index (χ4v) is 4.31. The fourth-order valence-electron chi connectivity index (χ4n) is 4.31. The van der Waals surface area contributed by atoms with E-state index in [0.717, 1.165) is 22.3 Å². The van der Waals surface area contributed by atoms with Crippen molar-refractivity contribution < 1.29 is 28.6 Å². The van der Waals surface area contributed by atoms with Crippen LogP contribution in [0.1, 0.15) is 22.3 Å². The van der Waals surface area contributed by atoms with Crippen LogP contribution < -0.4 is 15.4 Å². The van der Waals surface area contributed by atoms with Gasteiger partial charge in [0.05, 0.1) is 7.11 Å². The van der Waals surface area contributed by atoms with Gasteiger partial charge in [-0.3, -0.25) is 4.79 Å². The van der Waals surface area contributed by atoms with Crippen molar-refractivity contribution in [2.75, 3.05) is 7.11 Å². The van der Waals surface area contributed by atoms with Crippen LogP contribution in [0.15, 0.2) is 115 Å². The van der Waals surface area contributed by atoms with E-state index in [1.165, 1.54) is 7.11 Å². The summed E-state index contributed by atoms with van der Waals surface area (Å²) in [5, 5.41) is 5.43. The Balaban J connectivity index is 1.43. The molecule has 0 spiro atoms. The maximum absolute atomic E-state index is 13.5. The van der Waals surface area contributed by atoms with Crippen LogP contribution >= 0.6 is 0 Å². The van der Waals surface area contributed by atoms with Gasteiger partial charge in [-0.2, -0.15) is 0 Å². The molecule has 0 heterocycles. The van der Waals surface area contributed by atoms with Gasteiger partial charge < -0.3 is 24.8 Å². The lowest BCUT2D eigenvalue weighted by molar-refractivity contribution is -0.145. The molecule has 0 bridgehead atoms. The topological polar surface area (TPSA) is 103 Å². The maximum Gasteiger partial charge on any atom is 0.408 e. The first-order valence-electron chi connectivity index (χ1n) is 13.6. The number of carbonyl (C=O) groups excluding carboxylic acids is 3. The first-order chi connectivity index (χ1) is 20.5. The van der Waals surface area contributed by atoms with Gasteiger partial charge in [-0.25, -0.2) is 9.59 Å². The second kappa shape index (κ2) is 15.6. The molecule has 4 aromatic rings. The average molecular weight is 567 g/mol. The van der Waals surface area contributed by atoms with Gasteiger partial charge in [0.1, 0.15) is 31.0 Å². The molecule has 2 atom stereocenters. The minimum atomic E-state index is -0.997. The van der Waals surface area contributed by atoms with Gasteiger partial charge >= 0.3 is 12.1 Å². The molecule has 0 saturated heterocycles. The Bertz CT molecular complexity index is 1430. The van der Waals surface area contributed by atoms with E-state index in [2.05, 4.69) is 10.6 Å². The van der Waals surface area contributed by atoms with Crippen LogP contribution in [0.25, 0.3) is 0 Å². The van der Waals surface area contributed by atoms with Crippen molar-refractivity contribution in [3.05, 3.63) is 138 Å². The molecular formula is C34H34N2O6. The van der Waals surface area contributed by atoms with Crippen LogP contribution in [0, 0.1) is 0 Å². The van der Waals surface area contributed by atoms with Crippen LogP contribution in [-0.2, 0) is 45.1 Å². The Morgan fingerprint density at radius 3 is 1.79 bits per heavy atom. The lowest BCUT2D eigenvalue weighted by atomic mass is 10.0. The fraction of sp³-hybridized carbons (Fsp3) is 0.206. The minimum absolute atomic E-state index is 0.0554. The summed E-state index contributed by atoms with van der Waals surface area (Å²) >= 11 is 0. The number of alkyl carbamates (subject to hydrolysis) is 1. The highest BCUT2D eigenvalue weighted by Crippen LogP contribution is 2.17. The molecule has 0 unspecified atom stereocenters. The quantitative estimate of drug-likeness (QED) is 0.221. The number of carbonyl (C=O) groups is 3. The van der Waals surface area contributed by atoms with Gasteiger partial charge in [0.15, 0.2) is 0 Å². The molecule has 8 heteroatoms. The number of hydrogen-bond acceptors (Lipinski definition) is 6. The molecule has 4 aromatic carbocycles. The molecule has 216 valence electrons. The Morgan fingerprint density at radius 1 is 0.619 bits per heavy atom. The summed E-state index contributed by atoms with van der Waals surface area (Å²) in [6.07, 6.45) is -0.380. The number of nitrogens with one attached hydrogen (secondary N) is 2. The van der Waals surface area contributed by atoms with E-state index in [-0.39, 0.29) is 19.4 Å². The van der Waals surface area contributed by atoms with Crippen LogP contribution in [-0.4, -0.2) is 37.2 Å². The Hall–Kier alpha value is -5.11. The third-order valence-electron chi connectivity index (χ3n) is 6.49. The molecule has 0 saturated carbocycles. The lowest BCUT2D eigenvalue weighted by Gasteiger charge is -2.22. The van der Waals surface area contributed by atoms with E-state index >= 15 is 0 Å². The monoisotopic (exact) mass is 566 g/mol. The molecule has 0 radical (unpaired) electrons. The van der Waals surface area contributed by atoms with Crippen LogP contribution in [0.2, 0.25) is 0 Å². The number of esters is 1. The minimum Gasteiger partial charge on any atom is -0.489 e. The van der Waals surface area contributed by atoms with Crippen LogP contribution in [0.4, 0.5) is 4.79 Å². The molecular weight excluding hydrogens is 532 g/mol. The van der Waals surface area contributed by atoms with Gasteiger partial charge in [0.25, 0.3) is 0 Å². The SMILES string of the molecule is COC(=O)[C@@H](Cc1cccc(OCc2ccccc2)c1)NC(=O)[C@@H](Cc1ccccc1)NC(=O)OCc1ccccc1. The van der Waals surface area contributed by atoms with E-state index in [1.807, 2.05) is 115 Å². The molecule has 0 aliphatic rings. The summed E-state index contributed by atoms with van der Waals surface area (Å²) in [4.78, 5) is 38.9. The summed E-state index contributed by atoms with van der Waals surface area (Å²) in [6.45, 7) is 0.453. The van der Waals surface area contributed by atoms with Gasteiger partial charge in [0, 0.05) is 12.8 Å². The molecule has 8 nitrogen and oxygen atoms in total. The highest BCUT2D eigenvalue weighted by molar-refractivity contribution is 5.90. The molecule has 42 heavy (non-hydrogen) atoms. The van der Waals surface area contributed by atoms with Crippen molar-refractivity contribution in [1.29, 1.82) is 0 Å². The number of hydrogen-bond donors (Lipinski definition) is 2. The number of ether oxygens (including phenoxy) is 3. The highest BCUT2D eigenvalue weighted by atomic mass is 16.5. The number of amides is 2. The third-order valence-corrected chi connectivity index (χ3v) is 6.49. The number of rotatable bonds is 13. The third kappa shape index (κ3) is 9.52. The zero-order chi connectivity index (χ0) is 29.6. The lowest BCUT2D eigenvalue weighted by Crippen LogP contribution is -2.53. The molecule has 0 aliphatic heterocycles.